The molecule has 100 valence electrons. The number of esters is 1. The Morgan fingerprint density at radius 2 is 1.76 bits per heavy atom. The average molecular weight is 264 g/mol. The molecule has 0 aliphatic heterocycles. The van der Waals surface area contributed by atoms with Crippen LogP contribution in [0.1, 0.15) is 27.2 Å². The van der Waals surface area contributed by atoms with Crippen molar-refractivity contribution in [3.8, 4) is 0 Å². The van der Waals surface area contributed by atoms with Crippen molar-refractivity contribution < 1.29 is 23.1 Å². The van der Waals surface area contributed by atoms with E-state index in [0.717, 1.165) is 0 Å². The van der Waals surface area contributed by atoms with Crippen molar-refractivity contribution in [1.29, 1.82) is 0 Å². The minimum atomic E-state index is -3.48. The van der Waals surface area contributed by atoms with E-state index in [-0.39, 0.29) is 26.2 Å². The van der Waals surface area contributed by atoms with E-state index in [2.05, 4.69) is 6.58 Å². The van der Waals surface area contributed by atoms with Gasteiger partial charge in [-0.05, 0) is 27.2 Å². The molecule has 0 aromatic heterocycles. The number of rotatable bonds is 9. The van der Waals surface area contributed by atoms with Crippen LogP contribution in [0.5, 0.6) is 0 Å². The van der Waals surface area contributed by atoms with E-state index >= 15 is 0 Å². The normalized spacial score (nSPS) is 13.1. The molecule has 0 fully saturated rings. The highest BCUT2D eigenvalue weighted by molar-refractivity contribution is 7.55. The van der Waals surface area contributed by atoms with Crippen LogP contribution in [-0.2, 0) is 23.1 Å². The molecule has 1 unspecified atom stereocenters. The van der Waals surface area contributed by atoms with Crippen LogP contribution < -0.4 is 0 Å². The zero-order valence-electron chi connectivity index (χ0n) is 10.7. The molecule has 0 aliphatic rings. The summed E-state index contributed by atoms with van der Waals surface area (Å²) in [5.74, 6) is -0.572. The summed E-state index contributed by atoms with van der Waals surface area (Å²) >= 11 is 0. The molecular weight excluding hydrogens is 243 g/mol. The summed E-state index contributed by atoms with van der Waals surface area (Å²) < 4.78 is 27.6. The Kier molecular flexibility index (Phi) is 8.13. The highest BCUT2D eigenvalue weighted by Gasteiger charge is 2.41. The van der Waals surface area contributed by atoms with Crippen LogP contribution in [0.15, 0.2) is 12.7 Å². The average Bonchev–Trinajstić information content (AvgIpc) is 2.26. The molecule has 17 heavy (non-hydrogen) atoms. The van der Waals surface area contributed by atoms with Gasteiger partial charge in [-0.3, -0.25) is 9.36 Å². The topological polar surface area (TPSA) is 61.8 Å². The Morgan fingerprint density at radius 3 is 2.12 bits per heavy atom. The quantitative estimate of drug-likeness (QED) is 0.364. The minimum absolute atomic E-state index is 0.204. The first kappa shape index (κ1) is 16.4. The van der Waals surface area contributed by atoms with E-state index in [1.807, 2.05) is 0 Å². The third kappa shape index (κ3) is 5.02. The lowest BCUT2D eigenvalue weighted by Gasteiger charge is -2.23. The van der Waals surface area contributed by atoms with Gasteiger partial charge >= 0.3 is 13.6 Å². The maximum atomic E-state index is 12.4. The van der Waals surface area contributed by atoms with Crippen molar-refractivity contribution in [2.24, 2.45) is 0 Å². The van der Waals surface area contributed by atoms with E-state index in [9.17, 15) is 9.36 Å². The van der Waals surface area contributed by atoms with E-state index in [1.54, 1.807) is 20.8 Å². The smallest absolute Gasteiger partial charge is 0.345 e. The molecule has 0 radical (unpaired) electrons. The molecule has 0 saturated carbocycles. The predicted octanol–water partition coefficient (Wildman–Crippen LogP) is 2.76. The van der Waals surface area contributed by atoms with Crippen LogP contribution in [0.2, 0.25) is 0 Å². The lowest BCUT2D eigenvalue weighted by atomic mass is 10.3. The number of allylic oxidation sites excluding steroid dienone is 1. The Labute approximate surface area is 103 Å². The van der Waals surface area contributed by atoms with Crippen molar-refractivity contribution in [3.05, 3.63) is 12.7 Å². The molecule has 0 bridgehead atoms. The van der Waals surface area contributed by atoms with E-state index in [1.165, 1.54) is 6.08 Å². The molecule has 0 aromatic rings. The molecule has 6 heteroatoms. The van der Waals surface area contributed by atoms with E-state index in [4.69, 9.17) is 13.8 Å². The summed E-state index contributed by atoms with van der Waals surface area (Å²) in [7, 11) is -3.48. The number of hydrogen-bond donors (Lipinski definition) is 0. The van der Waals surface area contributed by atoms with Crippen LogP contribution in [0.25, 0.3) is 0 Å². The molecule has 0 heterocycles. The largest absolute Gasteiger partial charge is 0.465 e. The Morgan fingerprint density at radius 1 is 1.24 bits per heavy atom. The second-order valence-corrected chi connectivity index (χ2v) is 5.39. The van der Waals surface area contributed by atoms with E-state index < -0.39 is 19.2 Å². The Balaban J connectivity index is 5.00. The number of hydrogen-bond acceptors (Lipinski definition) is 5. The zero-order valence-corrected chi connectivity index (χ0v) is 11.6. The lowest BCUT2D eigenvalue weighted by Crippen LogP contribution is -2.25. The first-order valence-electron chi connectivity index (χ1n) is 5.71. The van der Waals surface area contributed by atoms with Crippen LogP contribution in [0.4, 0.5) is 0 Å². The molecule has 0 spiro atoms. The second kappa shape index (κ2) is 8.45. The van der Waals surface area contributed by atoms with Gasteiger partial charge in [-0.25, -0.2) is 0 Å². The van der Waals surface area contributed by atoms with Gasteiger partial charge in [0, 0.05) is 0 Å². The fourth-order valence-electron chi connectivity index (χ4n) is 1.33. The summed E-state index contributed by atoms with van der Waals surface area (Å²) in [6, 6.07) is 0. The van der Waals surface area contributed by atoms with Gasteiger partial charge in [-0.2, -0.15) is 0 Å². The maximum absolute atomic E-state index is 12.4. The molecule has 0 saturated heterocycles. The molecule has 0 N–H and O–H groups in total. The van der Waals surface area contributed by atoms with Crippen LogP contribution in [-0.4, -0.2) is 31.4 Å². The summed E-state index contributed by atoms with van der Waals surface area (Å²) in [6.07, 6.45) is 1.71. The predicted molar refractivity (Wildman–Crippen MR) is 66.1 cm³/mol. The van der Waals surface area contributed by atoms with Gasteiger partial charge in [0.05, 0.1) is 19.8 Å². The van der Waals surface area contributed by atoms with Gasteiger partial charge in [0.2, 0.25) is 0 Å². The molecule has 0 aromatic carbocycles. The molecular formula is C11H21O5P. The van der Waals surface area contributed by atoms with Crippen LogP contribution >= 0.6 is 7.60 Å². The first-order valence-corrected chi connectivity index (χ1v) is 7.33. The van der Waals surface area contributed by atoms with E-state index in [0.29, 0.717) is 0 Å². The van der Waals surface area contributed by atoms with Gasteiger partial charge in [0.15, 0.2) is 5.66 Å². The third-order valence-corrected chi connectivity index (χ3v) is 4.37. The highest BCUT2D eigenvalue weighted by atomic mass is 31.2. The zero-order chi connectivity index (χ0) is 13.3. The summed E-state index contributed by atoms with van der Waals surface area (Å²) in [6.45, 7) is 9.27. The van der Waals surface area contributed by atoms with Gasteiger partial charge < -0.3 is 13.8 Å². The Hall–Kier alpha value is -0.640. The van der Waals surface area contributed by atoms with Crippen molar-refractivity contribution in [2.75, 3.05) is 19.8 Å². The van der Waals surface area contributed by atoms with Crippen molar-refractivity contribution in [2.45, 2.75) is 32.9 Å². The molecule has 0 aliphatic carbocycles. The van der Waals surface area contributed by atoms with Crippen molar-refractivity contribution >= 4 is 13.6 Å². The molecule has 1 atom stereocenters. The van der Waals surface area contributed by atoms with Crippen LogP contribution in [0.3, 0.4) is 0 Å². The fraction of sp³-hybridized carbons (Fsp3) is 0.727. The number of carbonyl (C=O) groups is 1. The fourth-order valence-corrected chi connectivity index (χ4v) is 3.22. The first-order chi connectivity index (χ1) is 8.05. The van der Waals surface area contributed by atoms with Gasteiger partial charge in [-0.15, -0.1) is 6.58 Å². The lowest BCUT2D eigenvalue weighted by molar-refractivity contribution is -0.143. The standard InChI is InChI=1S/C11H21O5P/c1-5-9-10(11(12)14-6-2)17(13,15-7-3)16-8-4/h5,10H,1,6-9H2,2-4H3. The maximum Gasteiger partial charge on any atom is 0.345 e. The SMILES string of the molecule is C=CCC(C(=O)OCC)P(=O)(OCC)OCC. The summed E-state index contributed by atoms with van der Waals surface area (Å²) in [4.78, 5) is 11.7. The highest BCUT2D eigenvalue weighted by Crippen LogP contribution is 2.54. The van der Waals surface area contributed by atoms with Crippen LogP contribution in [0, 0.1) is 0 Å². The summed E-state index contributed by atoms with van der Waals surface area (Å²) in [5, 5.41) is 0. The van der Waals surface area contributed by atoms with Crippen molar-refractivity contribution in [3.63, 3.8) is 0 Å². The van der Waals surface area contributed by atoms with Crippen molar-refractivity contribution in [1.82, 2.24) is 0 Å². The number of carbonyl (C=O) groups excluding carboxylic acids is 1. The third-order valence-electron chi connectivity index (χ3n) is 1.95. The Bertz CT molecular complexity index is 280. The molecule has 0 amide bonds. The summed E-state index contributed by atoms with van der Waals surface area (Å²) in [5.41, 5.74) is -0.931. The monoisotopic (exact) mass is 264 g/mol. The molecule has 0 rings (SSSR count). The number of ether oxygens (including phenoxy) is 1. The minimum Gasteiger partial charge on any atom is -0.465 e. The second-order valence-electron chi connectivity index (χ2n) is 3.17. The molecule has 5 nitrogen and oxygen atoms in total. The van der Waals surface area contributed by atoms with Gasteiger partial charge in [0.25, 0.3) is 0 Å². The van der Waals surface area contributed by atoms with Gasteiger partial charge in [-0.1, -0.05) is 6.08 Å². The van der Waals surface area contributed by atoms with Gasteiger partial charge in [0.1, 0.15) is 0 Å².